The highest BCUT2D eigenvalue weighted by Gasteiger charge is 2.19. The van der Waals surface area contributed by atoms with Gasteiger partial charge in [0, 0.05) is 6.42 Å². The normalized spacial score (nSPS) is 11.8. The van der Waals surface area contributed by atoms with Crippen LogP contribution in [0.15, 0.2) is 84.9 Å². The zero-order chi connectivity index (χ0) is 35.0. The van der Waals surface area contributed by atoms with E-state index in [1.165, 1.54) is 38.5 Å². The minimum absolute atomic E-state index is 0.197. The van der Waals surface area contributed by atoms with Gasteiger partial charge in [-0.2, -0.15) is 0 Å². The Labute approximate surface area is 292 Å². The lowest BCUT2D eigenvalue weighted by atomic mass is 9.97. The molecule has 6 nitrogen and oxygen atoms in total. The van der Waals surface area contributed by atoms with Crippen molar-refractivity contribution in [3.8, 4) is 22.6 Å². The standard InChI is InChI=1S/C43H52O6/c1-5-8-9-10-11-12-13-14-15-41(44)48-39-25-22-34(23-26-39)33-16-18-35(19-17-33)43(46)49-40-27-24-37-28-36(20-21-38(37)29-40)31(4)42(45)47-30-32(6-2)7-3/h16-29,31-32H,5-15,30H2,1-4H3/t31-/m0/s1. The molecular weight excluding hydrogens is 612 g/mol. The first-order valence-electron chi connectivity index (χ1n) is 18.1. The van der Waals surface area contributed by atoms with Crippen LogP contribution in [0.5, 0.6) is 11.5 Å². The molecule has 260 valence electrons. The molecule has 0 aliphatic heterocycles. The fourth-order valence-electron chi connectivity index (χ4n) is 5.83. The third-order valence-corrected chi connectivity index (χ3v) is 9.29. The molecule has 0 unspecified atom stereocenters. The van der Waals surface area contributed by atoms with Crippen LogP contribution in [0.25, 0.3) is 21.9 Å². The van der Waals surface area contributed by atoms with Gasteiger partial charge in [-0.05, 0) is 83.1 Å². The summed E-state index contributed by atoms with van der Waals surface area (Å²) in [5.74, 6) is 0.128. The molecule has 0 heterocycles. The number of rotatable bonds is 19. The van der Waals surface area contributed by atoms with Gasteiger partial charge in [-0.25, -0.2) is 4.79 Å². The summed E-state index contributed by atoms with van der Waals surface area (Å²) in [5.41, 5.74) is 3.21. The van der Waals surface area contributed by atoms with Crippen molar-refractivity contribution >= 4 is 28.7 Å². The van der Waals surface area contributed by atoms with Crippen LogP contribution in [-0.4, -0.2) is 24.5 Å². The number of carbonyl (C=O) groups excluding carboxylic acids is 3. The van der Waals surface area contributed by atoms with Crippen LogP contribution in [0, 0.1) is 5.92 Å². The van der Waals surface area contributed by atoms with Crippen LogP contribution >= 0.6 is 0 Å². The molecule has 0 spiro atoms. The summed E-state index contributed by atoms with van der Waals surface area (Å²) in [4.78, 5) is 37.9. The number of carbonyl (C=O) groups is 3. The molecule has 0 N–H and O–H groups in total. The molecule has 0 aliphatic rings. The van der Waals surface area contributed by atoms with Gasteiger partial charge in [0.1, 0.15) is 11.5 Å². The molecule has 0 bridgehead atoms. The van der Waals surface area contributed by atoms with Crippen molar-refractivity contribution in [3.63, 3.8) is 0 Å². The average molecular weight is 665 g/mol. The smallest absolute Gasteiger partial charge is 0.343 e. The summed E-state index contributed by atoms with van der Waals surface area (Å²) in [6, 6.07) is 26.0. The van der Waals surface area contributed by atoms with Crippen molar-refractivity contribution in [2.45, 2.75) is 104 Å². The van der Waals surface area contributed by atoms with Gasteiger partial charge in [0.2, 0.25) is 0 Å². The molecule has 0 radical (unpaired) electrons. The van der Waals surface area contributed by atoms with Gasteiger partial charge in [0.05, 0.1) is 18.1 Å². The molecule has 0 aliphatic carbocycles. The van der Waals surface area contributed by atoms with E-state index in [9.17, 15) is 14.4 Å². The summed E-state index contributed by atoms with van der Waals surface area (Å²) < 4.78 is 16.8. The second-order valence-corrected chi connectivity index (χ2v) is 13.0. The van der Waals surface area contributed by atoms with Crippen LogP contribution in [0.3, 0.4) is 0 Å². The second kappa shape index (κ2) is 19.5. The van der Waals surface area contributed by atoms with E-state index in [4.69, 9.17) is 14.2 Å². The maximum atomic E-state index is 13.0. The summed E-state index contributed by atoms with van der Waals surface area (Å²) in [7, 11) is 0. The zero-order valence-electron chi connectivity index (χ0n) is 29.7. The predicted octanol–water partition coefficient (Wildman–Crippen LogP) is 11.2. The summed E-state index contributed by atoms with van der Waals surface area (Å²) >= 11 is 0. The van der Waals surface area contributed by atoms with E-state index in [0.717, 1.165) is 53.1 Å². The van der Waals surface area contributed by atoms with Gasteiger partial charge in [0.15, 0.2) is 0 Å². The lowest BCUT2D eigenvalue weighted by Crippen LogP contribution is -2.18. The van der Waals surface area contributed by atoms with E-state index in [1.54, 1.807) is 30.3 Å². The number of unbranched alkanes of at least 4 members (excludes halogenated alkanes) is 7. The molecule has 49 heavy (non-hydrogen) atoms. The van der Waals surface area contributed by atoms with Gasteiger partial charge >= 0.3 is 17.9 Å². The van der Waals surface area contributed by atoms with Gasteiger partial charge in [0.25, 0.3) is 0 Å². The van der Waals surface area contributed by atoms with Crippen molar-refractivity contribution in [2.75, 3.05) is 6.61 Å². The Hall–Kier alpha value is -4.45. The van der Waals surface area contributed by atoms with E-state index >= 15 is 0 Å². The summed E-state index contributed by atoms with van der Waals surface area (Å²) in [6.45, 7) is 8.76. The fourth-order valence-corrected chi connectivity index (χ4v) is 5.83. The molecule has 6 heteroatoms. The molecule has 0 amide bonds. The van der Waals surface area contributed by atoms with Crippen molar-refractivity contribution in [1.29, 1.82) is 0 Å². The number of hydrogen-bond donors (Lipinski definition) is 0. The van der Waals surface area contributed by atoms with Gasteiger partial charge < -0.3 is 14.2 Å². The number of esters is 3. The average Bonchev–Trinajstić information content (AvgIpc) is 3.13. The lowest BCUT2D eigenvalue weighted by molar-refractivity contribution is -0.146. The topological polar surface area (TPSA) is 78.9 Å². The van der Waals surface area contributed by atoms with E-state index in [1.807, 2.05) is 61.5 Å². The lowest BCUT2D eigenvalue weighted by Gasteiger charge is -2.16. The zero-order valence-corrected chi connectivity index (χ0v) is 29.7. The molecule has 0 saturated heterocycles. The maximum Gasteiger partial charge on any atom is 0.343 e. The van der Waals surface area contributed by atoms with E-state index in [0.29, 0.717) is 36.0 Å². The SMILES string of the molecule is CCCCCCCCCCC(=O)Oc1ccc(-c2ccc(C(=O)Oc3ccc4cc([C@H](C)C(=O)OCC(CC)CC)ccc4c3)cc2)cc1. The maximum absolute atomic E-state index is 13.0. The molecule has 0 saturated carbocycles. The summed E-state index contributed by atoms with van der Waals surface area (Å²) in [6.07, 6.45) is 11.9. The number of fused-ring (bicyclic) bond motifs is 1. The van der Waals surface area contributed by atoms with Crippen molar-refractivity contribution in [2.24, 2.45) is 5.92 Å². The molecule has 4 aromatic rings. The Kier molecular flexibility index (Phi) is 14.9. The quantitative estimate of drug-likeness (QED) is 0.0564. The Bertz CT molecular complexity index is 1640. The Morgan fingerprint density at radius 3 is 1.84 bits per heavy atom. The Balaban J connectivity index is 1.26. The largest absolute Gasteiger partial charge is 0.465 e. The minimum Gasteiger partial charge on any atom is -0.465 e. The predicted molar refractivity (Wildman–Crippen MR) is 197 cm³/mol. The van der Waals surface area contributed by atoms with Gasteiger partial charge in [-0.15, -0.1) is 0 Å². The fraction of sp³-hybridized carbons (Fsp3) is 0.419. The highest BCUT2D eigenvalue weighted by molar-refractivity contribution is 5.93. The third-order valence-electron chi connectivity index (χ3n) is 9.29. The molecule has 0 fully saturated rings. The highest BCUT2D eigenvalue weighted by Crippen LogP contribution is 2.28. The number of benzene rings is 4. The van der Waals surface area contributed by atoms with Crippen molar-refractivity contribution < 1.29 is 28.6 Å². The van der Waals surface area contributed by atoms with Crippen LogP contribution < -0.4 is 9.47 Å². The van der Waals surface area contributed by atoms with Crippen LogP contribution in [0.1, 0.15) is 120 Å². The minimum atomic E-state index is -0.449. The number of hydrogen-bond acceptors (Lipinski definition) is 6. The monoisotopic (exact) mass is 664 g/mol. The molecular formula is C43H52O6. The first-order chi connectivity index (χ1) is 23.8. The van der Waals surface area contributed by atoms with E-state index in [2.05, 4.69) is 20.8 Å². The molecule has 0 aromatic heterocycles. The van der Waals surface area contributed by atoms with Crippen molar-refractivity contribution in [1.82, 2.24) is 0 Å². The van der Waals surface area contributed by atoms with Gasteiger partial charge in [-0.3, -0.25) is 9.59 Å². The van der Waals surface area contributed by atoms with Crippen LogP contribution in [0.4, 0.5) is 0 Å². The number of ether oxygens (including phenoxy) is 3. The van der Waals surface area contributed by atoms with Crippen LogP contribution in [0.2, 0.25) is 0 Å². The molecule has 4 aromatic carbocycles. The third kappa shape index (κ3) is 11.6. The van der Waals surface area contributed by atoms with E-state index in [-0.39, 0.29) is 17.9 Å². The Morgan fingerprint density at radius 2 is 1.18 bits per heavy atom. The first kappa shape index (κ1) is 37.4. The molecule has 4 rings (SSSR count). The van der Waals surface area contributed by atoms with E-state index < -0.39 is 5.97 Å². The van der Waals surface area contributed by atoms with Gasteiger partial charge in [-0.1, -0.05) is 127 Å². The van der Waals surface area contributed by atoms with Crippen molar-refractivity contribution in [3.05, 3.63) is 96.1 Å². The Morgan fingerprint density at radius 1 is 0.612 bits per heavy atom. The highest BCUT2D eigenvalue weighted by atomic mass is 16.5. The second-order valence-electron chi connectivity index (χ2n) is 13.0. The summed E-state index contributed by atoms with van der Waals surface area (Å²) in [5, 5.41) is 1.86. The molecule has 1 atom stereocenters. The van der Waals surface area contributed by atoms with Crippen LogP contribution in [-0.2, 0) is 14.3 Å². The first-order valence-corrected chi connectivity index (χ1v) is 18.1.